The van der Waals surface area contributed by atoms with Gasteiger partial charge in [-0.1, -0.05) is 29.3 Å². The summed E-state index contributed by atoms with van der Waals surface area (Å²) in [6.45, 7) is 4.11. The molecule has 0 aromatic heterocycles. The van der Waals surface area contributed by atoms with E-state index in [1.807, 2.05) is 0 Å². The van der Waals surface area contributed by atoms with Crippen molar-refractivity contribution in [3.8, 4) is 0 Å². The third kappa shape index (κ3) is 6.79. The summed E-state index contributed by atoms with van der Waals surface area (Å²) in [5, 5.41) is 17.6. The summed E-state index contributed by atoms with van der Waals surface area (Å²) in [4.78, 5) is 52.0. The average Bonchev–Trinajstić information content (AvgIpc) is 2.92. The monoisotopic (exact) mass is 539 g/mol. The van der Waals surface area contributed by atoms with E-state index in [2.05, 4.69) is 15.3 Å². The van der Waals surface area contributed by atoms with Gasteiger partial charge in [0, 0.05) is 34.1 Å². The third-order valence-electron chi connectivity index (χ3n) is 5.55. The van der Waals surface area contributed by atoms with E-state index in [0.717, 1.165) is 12.1 Å². The molecule has 13 nitrogen and oxygen atoms in total. The van der Waals surface area contributed by atoms with Crippen LogP contribution >= 0.6 is 0 Å². The average molecular weight is 540 g/mol. The largest absolute Gasteiger partial charge is 0.463 e. The topological polar surface area (TPSA) is 183 Å². The highest BCUT2D eigenvalue weighted by Gasteiger charge is 2.38. The van der Waals surface area contributed by atoms with Crippen LogP contribution in [0.2, 0.25) is 0 Å². The van der Waals surface area contributed by atoms with Gasteiger partial charge < -0.3 is 19.5 Å². The van der Waals surface area contributed by atoms with Gasteiger partial charge in [-0.05, 0) is 44.0 Å². The van der Waals surface area contributed by atoms with Crippen LogP contribution in [0.3, 0.4) is 0 Å². The highest BCUT2D eigenvalue weighted by atomic mass is 16.6. The standard InChI is InChI=1S/C26H25N5O8/c1-4-37-25(33)21-15(2)28-16(3)22(23(21)18-6-5-7-20(14-18)31(35)36)26(34)39-13-12-38-24(32)17-8-10-19(11-9-17)29-30-27/h5-11,14,23,28H,4,12-13H2,1-3H3/i10T,11T. The molecule has 0 saturated heterocycles. The van der Waals surface area contributed by atoms with E-state index >= 15 is 0 Å². The molecule has 39 heavy (non-hydrogen) atoms. The molecule has 0 spiro atoms. The van der Waals surface area contributed by atoms with E-state index in [1.54, 1.807) is 26.8 Å². The normalized spacial score (nSPS) is 15.3. The second kappa shape index (κ2) is 12.9. The van der Waals surface area contributed by atoms with Crippen molar-refractivity contribution in [3.63, 3.8) is 0 Å². The molecular weight excluding hydrogens is 510 g/mol. The van der Waals surface area contributed by atoms with E-state index < -0.39 is 35.4 Å². The van der Waals surface area contributed by atoms with Crippen LogP contribution in [-0.2, 0) is 23.8 Å². The number of benzene rings is 2. The van der Waals surface area contributed by atoms with Gasteiger partial charge in [0.05, 0.1) is 36.9 Å². The Labute approximate surface area is 225 Å². The molecule has 0 amide bonds. The SMILES string of the molecule is [3H]c1cc(C(=O)OCCOC(=O)C2=C(C)NC(C)=C(C(=O)OCC)C2c2cccc([N+](=O)[O-])c2)cc([3H])c1N=[N+]=[N-]. The fourth-order valence-corrected chi connectivity index (χ4v) is 3.92. The number of esters is 3. The number of rotatable bonds is 10. The van der Waals surface area contributed by atoms with Gasteiger partial charge in [-0.15, -0.1) is 0 Å². The van der Waals surface area contributed by atoms with Crippen molar-refractivity contribution in [1.29, 1.82) is 0 Å². The minimum Gasteiger partial charge on any atom is -0.463 e. The number of nitrogens with zero attached hydrogens (tertiary/aromatic N) is 4. The lowest BCUT2D eigenvalue weighted by Gasteiger charge is -2.30. The summed E-state index contributed by atoms with van der Waals surface area (Å²) in [6, 6.07) is 7.01. The van der Waals surface area contributed by atoms with E-state index in [1.165, 1.54) is 18.2 Å². The number of carbonyl (C=O) groups excluding carboxylic acids is 3. The Hall–Kier alpha value is -5.16. The Kier molecular flexibility index (Phi) is 8.42. The molecule has 0 bridgehead atoms. The quantitative estimate of drug-likeness (QED) is 0.0651. The lowest BCUT2D eigenvalue weighted by atomic mass is 9.80. The zero-order chi connectivity index (χ0) is 30.3. The molecule has 1 heterocycles. The fraction of sp³-hybridized carbons (Fsp3) is 0.269. The summed E-state index contributed by atoms with van der Waals surface area (Å²) in [7, 11) is 0. The van der Waals surface area contributed by atoms with E-state index in [0.29, 0.717) is 17.0 Å². The Morgan fingerprint density at radius 3 is 2.21 bits per heavy atom. The first kappa shape index (κ1) is 25.5. The van der Waals surface area contributed by atoms with Crippen LogP contribution in [-0.4, -0.2) is 42.7 Å². The lowest BCUT2D eigenvalue weighted by molar-refractivity contribution is -0.384. The molecule has 202 valence electrons. The number of carbonyl (C=O) groups is 3. The van der Waals surface area contributed by atoms with Crippen LogP contribution in [0.5, 0.6) is 0 Å². The molecule has 1 aliphatic rings. The van der Waals surface area contributed by atoms with Crippen molar-refractivity contribution in [2.75, 3.05) is 19.8 Å². The number of hydrogen-bond donors (Lipinski definition) is 1. The lowest BCUT2D eigenvalue weighted by Crippen LogP contribution is -2.33. The molecule has 13 heteroatoms. The predicted octanol–water partition coefficient (Wildman–Crippen LogP) is 4.73. The third-order valence-corrected chi connectivity index (χ3v) is 5.55. The van der Waals surface area contributed by atoms with E-state index in [4.69, 9.17) is 22.5 Å². The molecule has 1 unspecified atom stereocenters. The molecule has 0 fully saturated rings. The molecule has 1 N–H and O–H groups in total. The van der Waals surface area contributed by atoms with Gasteiger partial charge in [0.2, 0.25) is 0 Å². The van der Waals surface area contributed by atoms with Crippen LogP contribution in [0.15, 0.2) is 76.1 Å². The molecule has 0 radical (unpaired) electrons. The number of dihydropyridines is 1. The zero-order valence-corrected chi connectivity index (χ0v) is 21.2. The first-order chi connectivity index (χ1) is 19.5. The van der Waals surface area contributed by atoms with Gasteiger partial charge in [0.25, 0.3) is 5.69 Å². The summed E-state index contributed by atoms with van der Waals surface area (Å²) < 4.78 is 31.3. The first-order valence-corrected chi connectivity index (χ1v) is 11.6. The van der Waals surface area contributed by atoms with Crippen LogP contribution in [0.25, 0.3) is 10.4 Å². The van der Waals surface area contributed by atoms with Gasteiger partial charge in [-0.2, -0.15) is 0 Å². The van der Waals surface area contributed by atoms with Crippen LogP contribution in [0.1, 0.15) is 45.4 Å². The van der Waals surface area contributed by atoms with Gasteiger partial charge in [0.1, 0.15) is 13.2 Å². The Morgan fingerprint density at radius 2 is 1.64 bits per heavy atom. The van der Waals surface area contributed by atoms with Gasteiger partial charge in [-0.3, -0.25) is 10.1 Å². The van der Waals surface area contributed by atoms with Crippen molar-refractivity contribution in [1.82, 2.24) is 5.32 Å². The molecular formula is C26H25N5O8. The maximum atomic E-state index is 13.3. The number of nitro groups is 1. The van der Waals surface area contributed by atoms with Crippen molar-refractivity contribution in [3.05, 3.63) is 103 Å². The maximum Gasteiger partial charge on any atom is 0.338 e. The second-order valence-corrected chi connectivity index (χ2v) is 8.05. The molecule has 0 aliphatic carbocycles. The van der Waals surface area contributed by atoms with Crippen LogP contribution in [0, 0.1) is 10.1 Å². The maximum absolute atomic E-state index is 13.3. The number of allylic oxidation sites excluding steroid dienone is 2. The summed E-state index contributed by atoms with van der Waals surface area (Å²) in [5.74, 6) is -3.53. The van der Waals surface area contributed by atoms with Crippen molar-refractivity contribution in [2.45, 2.75) is 26.7 Å². The van der Waals surface area contributed by atoms with Crippen LogP contribution < -0.4 is 5.32 Å². The van der Waals surface area contributed by atoms with Crippen LogP contribution in [0.4, 0.5) is 11.4 Å². The second-order valence-electron chi connectivity index (χ2n) is 8.05. The summed E-state index contributed by atoms with van der Waals surface area (Å²) >= 11 is 0. The van der Waals surface area contributed by atoms with Gasteiger partial charge >= 0.3 is 17.9 Å². The predicted molar refractivity (Wildman–Crippen MR) is 137 cm³/mol. The summed E-state index contributed by atoms with van der Waals surface area (Å²) in [5.41, 5.74) is 9.06. The number of nitro benzene ring substituents is 1. The molecule has 2 aromatic rings. The fourth-order valence-electron chi connectivity index (χ4n) is 3.92. The Bertz CT molecular complexity index is 1510. The number of ether oxygens (including phenoxy) is 3. The Morgan fingerprint density at radius 1 is 1.05 bits per heavy atom. The zero-order valence-electron chi connectivity index (χ0n) is 23.2. The highest BCUT2D eigenvalue weighted by Crippen LogP contribution is 2.40. The number of azide groups is 1. The summed E-state index contributed by atoms with van der Waals surface area (Å²) in [6.07, 6.45) is 0. The minimum absolute atomic E-state index is 0.0109. The first-order valence-electron chi connectivity index (χ1n) is 12.6. The molecule has 0 saturated carbocycles. The van der Waals surface area contributed by atoms with Crippen molar-refractivity contribution >= 4 is 29.3 Å². The smallest absolute Gasteiger partial charge is 0.338 e. The number of non-ortho nitro benzene ring substituents is 1. The van der Waals surface area contributed by atoms with Crippen molar-refractivity contribution in [2.24, 2.45) is 5.11 Å². The minimum atomic E-state index is -1.05. The molecule has 2 aromatic carbocycles. The van der Waals surface area contributed by atoms with E-state index in [-0.39, 0.29) is 53.4 Å². The molecule has 3 rings (SSSR count). The number of nitrogens with one attached hydrogen (secondary N) is 1. The molecule has 1 atom stereocenters. The van der Waals surface area contributed by atoms with E-state index in [9.17, 15) is 24.5 Å². The Balaban J connectivity index is 1.81. The van der Waals surface area contributed by atoms with Crippen molar-refractivity contribution < 1.29 is 36.3 Å². The van der Waals surface area contributed by atoms with Gasteiger partial charge in [-0.25, -0.2) is 14.4 Å². The highest BCUT2D eigenvalue weighted by molar-refractivity contribution is 6.00. The number of hydrogen-bond acceptors (Lipinski definition) is 10. The van der Waals surface area contributed by atoms with Gasteiger partial charge in [0.15, 0.2) is 0 Å². The molecule has 1 aliphatic heterocycles.